The molecule has 0 unspecified atom stereocenters. The summed E-state index contributed by atoms with van der Waals surface area (Å²) in [6.45, 7) is 4.10. The van der Waals surface area contributed by atoms with Crippen LogP contribution in [0.1, 0.15) is 38.9 Å². The Balaban J connectivity index is 1.79. The van der Waals surface area contributed by atoms with Crippen molar-refractivity contribution in [1.29, 1.82) is 0 Å². The number of methoxy groups -OCH3 is 1. The summed E-state index contributed by atoms with van der Waals surface area (Å²) in [6, 6.07) is 14.2. The molecule has 0 saturated heterocycles. The van der Waals surface area contributed by atoms with E-state index in [0.717, 1.165) is 23.2 Å². The molecule has 0 bridgehead atoms. The van der Waals surface area contributed by atoms with E-state index < -0.39 is 11.9 Å². The van der Waals surface area contributed by atoms with Crippen molar-refractivity contribution < 1.29 is 14.3 Å². The van der Waals surface area contributed by atoms with E-state index in [1.165, 1.54) is 13.4 Å². The molecule has 0 spiro atoms. The number of carbonyl (C=O) groups excluding carboxylic acids is 2. The monoisotopic (exact) mass is 390 g/mol. The number of hydrogen-bond acceptors (Lipinski definition) is 6. The molecule has 0 aliphatic carbocycles. The molecule has 2 N–H and O–H groups in total. The molecule has 7 nitrogen and oxygen atoms in total. The van der Waals surface area contributed by atoms with Crippen LogP contribution in [0.15, 0.2) is 54.9 Å². The lowest BCUT2D eigenvalue weighted by Gasteiger charge is -2.13. The predicted molar refractivity (Wildman–Crippen MR) is 112 cm³/mol. The van der Waals surface area contributed by atoms with E-state index in [9.17, 15) is 9.59 Å². The number of rotatable bonds is 6. The van der Waals surface area contributed by atoms with Crippen LogP contribution in [0.2, 0.25) is 0 Å². The Kier molecular flexibility index (Phi) is 6.19. The molecule has 29 heavy (non-hydrogen) atoms. The van der Waals surface area contributed by atoms with E-state index in [-0.39, 0.29) is 5.69 Å². The van der Waals surface area contributed by atoms with Crippen molar-refractivity contribution in [2.45, 2.75) is 20.3 Å². The van der Waals surface area contributed by atoms with Crippen LogP contribution in [-0.2, 0) is 11.2 Å². The number of nitrogens with zero attached hydrogens (tertiary/aromatic N) is 2. The first-order valence-corrected chi connectivity index (χ1v) is 9.19. The van der Waals surface area contributed by atoms with Crippen molar-refractivity contribution in [3.8, 4) is 0 Å². The highest BCUT2D eigenvalue weighted by Gasteiger charge is 2.12. The smallest absolute Gasteiger partial charge is 0.337 e. The molecule has 0 atom stereocenters. The van der Waals surface area contributed by atoms with Gasteiger partial charge in [0.2, 0.25) is 0 Å². The minimum Gasteiger partial charge on any atom is -0.465 e. The van der Waals surface area contributed by atoms with Crippen LogP contribution in [0.25, 0.3) is 0 Å². The molecule has 3 aromatic rings. The van der Waals surface area contributed by atoms with Crippen LogP contribution in [0.4, 0.5) is 17.2 Å². The molecule has 0 fully saturated rings. The van der Waals surface area contributed by atoms with Crippen molar-refractivity contribution in [3.63, 3.8) is 0 Å². The SMILES string of the molecule is CCc1cccc(C)c1Nc1cc(C(=O)Nc2cccc(C(=O)OC)c2)ncn1. The summed E-state index contributed by atoms with van der Waals surface area (Å²) in [4.78, 5) is 32.6. The minimum atomic E-state index is -0.473. The summed E-state index contributed by atoms with van der Waals surface area (Å²) in [5.74, 6) is -0.352. The Morgan fingerprint density at radius 2 is 1.86 bits per heavy atom. The van der Waals surface area contributed by atoms with E-state index in [1.807, 2.05) is 19.1 Å². The number of nitrogens with one attached hydrogen (secondary N) is 2. The van der Waals surface area contributed by atoms with Crippen LogP contribution in [-0.4, -0.2) is 29.0 Å². The highest BCUT2D eigenvalue weighted by molar-refractivity contribution is 6.04. The second kappa shape index (κ2) is 8.97. The zero-order valence-electron chi connectivity index (χ0n) is 16.5. The van der Waals surface area contributed by atoms with Crippen LogP contribution < -0.4 is 10.6 Å². The number of aryl methyl sites for hydroxylation is 2. The molecule has 0 saturated carbocycles. The number of hydrogen-bond donors (Lipinski definition) is 2. The second-order valence-electron chi connectivity index (χ2n) is 6.40. The van der Waals surface area contributed by atoms with E-state index in [1.54, 1.807) is 30.3 Å². The third-order valence-electron chi connectivity index (χ3n) is 4.43. The number of anilines is 3. The normalized spacial score (nSPS) is 10.3. The average molecular weight is 390 g/mol. The molecule has 0 radical (unpaired) electrons. The van der Waals surface area contributed by atoms with Gasteiger partial charge in [0, 0.05) is 17.4 Å². The maximum atomic E-state index is 12.6. The maximum absolute atomic E-state index is 12.6. The van der Waals surface area contributed by atoms with Crippen molar-refractivity contribution in [2.24, 2.45) is 0 Å². The van der Waals surface area contributed by atoms with Crippen molar-refractivity contribution in [2.75, 3.05) is 17.7 Å². The summed E-state index contributed by atoms with van der Waals surface area (Å²) >= 11 is 0. The molecule has 1 heterocycles. The van der Waals surface area contributed by atoms with E-state index >= 15 is 0 Å². The molecular weight excluding hydrogens is 368 g/mol. The Hall–Kier alpha value is -3.74. The van der Waals surface area contributed by atoms with Gasteiger partial charge in [-0.15, -0.1) is 0 Å². The first kappa shape index (κ1) is 20.0. The van der Waals surface area contributed by atoms with E-state index in [4.69, 9.17) is 4.74 Å². The standard InChI is InChI=1S/C22H22N4O3/c1-4-15-8-5-7-14(2)20(15)26-19-12-18(23-13-24-19)21(27)25-17-10-6-9-16(11-17)22(28)29-3/h5-13H,4H2,1-3H3,(H,25,27)(H,23,24,26). The number of esters is 1. The molecule has 0 aliphatic heterocycles. The highest BCUT2D eigenvalue weighted by atomic mass is 16.5. The third kappa shape index (κ3) is 4.76. The van der Waals surface area contributed by atoms with Gasteiger partial charge in [-0.2, -0.15) is 0 Å². The lowest BCUT2D eigenvalue weighted by molar-refractivity contribution is 0.0600. The lowest BCUT2D eigenvalue weighted by atomic mass is 10.1. The summed E-state index contributed by atoms with van der Waals surface area (Å²) in [5.41, 5.74) is 4.26. The maximum Gasteiger partial charge on any atom is 0.337 e. The summed E-state index contributed by atoms with van der Waals surface area (Å²) < 4.78 is 4.70. The fourth-order valence-electron chi connectivity index (χ4n) is 2.92. The number of aromatic nitrogens is 2. The Bertz CT molecular complexity index is 1050. The second-order valence-corrected chi connectivity index (χ2v) is 6.40. The fourth-order valence-corrected chi connectivity index (χ4v) is 2.92. The molecule has 7 heteroatoms. The summed E-state index contributed by atoms with van der Waals surface area (Å²) in [7, 11) is 1.31. The number of benzene rings is 2. The zero-order chi connectivity index (χ0) is 20.8. The quantitative estimate of drug-likeness (QED) is 0.615. The van der Waals surface area contributed by atoms with Gasteiger partial charge in [0.1, 0.15) is 17.8 Å². The fraction of sp³-hybridized carbons (Fsp3) is 0.182. The van der Waals surface area contributed by atoms with Gasteiger partial charge in [-0.1, -0.05) is 31.2 Å². The van der Waals surface area contributed by atoms with Gasteiger partial charge in [0.25, 0.3) is 5.91 Å². The molecular formula is C22H22N4O3. The van der Waals surface area contributed by atoms with Crippen molar-refractivity contribution in [1.82, 2.24) is 9.97 Å². The largest absolute Gasteiger partial charge is 0.465 e. The zero-order valence-corrected chi connectivity index (χ0v) is 16.5. The van der Waals surface area contributed by atoms with Crippen molar-refractivity contribution >= 4 is 29.1 Å². The molecule has 1 amide bonds. The van der Waals surface area contributed by atoms with Gasteiger partial charge in [-0.3, -0.25) is 4.79 Å². The molecule has 148 valence electrons. The topological polar surface area (TPSA) is 93.2 Å². The Morgan fingerprint density at radius 3 is 2.62 bits per heavy atom. The predicted octanol–water partition coefficient (Wildman–Crippen LogP) is 4.13. The highest BCUT2D eigenvalue weighted by Crippen LogP contribution is 2.24. The van der Waals surface area contributed by atoms with Crippen molar-refractivity contribution in [3.05, 3.63) is 77.2 Å². The number of para-hydroxylation sites is 1. The lowest BCUT2D eigenvalue weighted by Crippen LogP contribution is -2.15. The van der Waals surface area contributed by atoms with Crippen LogP contribution >= 0.6 is 0 Å². The Morgan fingerprint density at radius 1 is 1.07 bits per heavy atom. The van der Waals surface area contributed by atoms with Crippen LogP contribution in [0.5, 0.6) is 0 Å². The summed E-state index contributed by atoms with van der Waals surface area (Å²) in [6.07, 6.45) is 2.21. The molecule has 1 aromatic heterocycles. The van der Waals surface area contributed by atoms with Crippen LogP contribution in [0.3, 0.4) is 0 Å². The average Bonchev–Trinajstić information content (AvgIpc) is 2.75. The summed E-state index contributed by atoms with van der Waals surface area (Å²) in [5, 5.41) is 6.03. The van der Waals surface area contributed by atoms with Gasteiger partial charge in [-0.25, -0.2) is 14.8 Å². The first-order chi connectivity index (χ1) is 14.0. The van der Waals surface area contributed by atoms with E-state index in [2.05, 4.69) is 33.6 Å². The Labute approximate surface area is 169 Å². The van der Waals surface area contributed by atoms with E-state index in [0.29, 0.717) is 17.1 Å². The first-order valence-electron chi connectivity index (χ1n) is 9.19. The van der Waals surface area contributed by atoms with Gasteiger partial charge in [0.15, 0.2) is 0 Å². The third-order valence-corrected chi connectivity index (χ3v) is 4.43. The van der Waals surface area contributed by atoms with Gasteiger partial charge >= 0.3 is 5.97 Å². The van der Waals surface area contributed by atoms with Crippen LogP contribution in [0, 0.1) is 6.92 Å². The minimum absolute atomic E-state index is 0.206. The number of amides is 1. The number of carbonyl (C=O) groups is 2. The molecule has 0 aliphatic rings. The van der Waals surface area contributed by atoms with Gasteiger partial charge in [-0.05, 0) is 42.7 Å². The van der Waals surface area contributed by atoms with Gasteiger partial charge < -0.3 is 15.4 Å². The number of ether oxygens (including phenoxy) is 1. The van der Waals surface area contributed by atoms with Gasteiger partial charge in [0.05, 0.1) is 12.7 Å². The molecule has 2 aromatic carbocycles. The molecule has 3 rings (SSSR count).